The van der Waals surface area contributed by atoms with Crippen molar-refractivity contribution in [3.05, 3.63) is 97.5 Å². The van der Waals surface area contributed by atoms with E-state index in [1.807, 2.05) is 25.1 Å². The predicted octanol–water partition coefficient (Wildman–Crippen LogP) is 4.00. The zero-order chi connectivity index (χ0) is 22.7. The van der Waals surface area contributed by atoms with Crippen LogP contribution in [0.1, 0.15) is 18.9 Å². The fourth-order valence-corrected chi connectivity index (χ4v) is 4.66. The van der Waals surface area contributed by atoms with Crippen molar-refractivity contribution >= 4 is 39.1 Å². The first-order valence-corrected chi connectivity index (χ1v) is 11.5. The van der Waals surface area contributed by atoms with E-state index in [-0.39, 0.29) is 18.5 Å². The van der Waals surface area contributed by atoms with Gasteiger partial charge in [0.15, 0.2) is 0 Å². The molecule has 0 aliphatic heterocycles. The highest BCUT2D eigenvalue weighted by Crippen LogP contribution is 2.18. The topological polar surface area (TPSA) is 73.1 Å². The zero-order valence-electron chi connectivity index (χ0n) is 17.5. The van der Waals surface area contributed by atoms with E-state index in [4.69, 9.17) is 11.6 Å². The number of hydrogen-bond acceptors (Lipinski definition) is 4. The van der Waals surface area contributed by atoms with Crippen molar-refractivity contribution in [2.24, 2.45) is 0 Å². The van der Waals surface area contributed by atoms with Gasteiger partial charge >= 0.3 is 5.69 Å². The molecule has 4 aromatic rings. The molecule has 0 unspecified atom stereocenters. The maximum absolute atomic E-state index is 13.3. The molecule has 6 nitrogen and oxygen atoms in total. The second kappa shape index (κ2) is 9.54. The number of halogens is 1. The SMILES string of the molecule is C[C@H](CCc1ccccc1)NC(=O)Cn1c(=O)n(-c2cccc(Cl)c2)c(=O)c2sccc21. The number of nitrogens with zero attached hydrogens (tertiary/aromatic N) is 2. The molecule has 0 aliphatic rings. The van der Waals surface area contributed by atoms with E-state index in [9.17, 15) is 14.4 Å². The lowest BCUT2D eigenvalue weighted by Crippen LogP contribution is -2.43. The predicted molar refractivity (Wildman–Crippen MR) is 129 cm³/mol. The molecule has 2 heterocycles. The summed E-state index contributed by atoms with van der Waals surface area (Å²) in [6.07, 6.45) is 1.62. The second-order valence-electron chi connectivity index (χ2n) is 7.62. The van der Waals surface area contributed by atoms with Gasteiger partial charge in [0.1, 0.15) is 11.2 Å². The monoisotopic (exact) mass is 467 g/mol. The van der Waals surface area contributed by atoms with Gasteiger partial charge in [-0.25, -0.2) is 9.36 Å². The molecule has 0 saturated heterocycles. The molecule has 1 amide bonds. The molecule has 0 radical (unpaired) electrons. The van der Waals surface area contributed by atoms with Gasteiger partial charge in [-0.05, 0) is 55.0 Å². The molecule has 8 heteroatoms. The Morgan fingerprint density at radius 2 is 1.88 bits per heavy atom. The summed E-state index contributed by atoms with van der Waals surface area (Å²) >= 11 is 7.30. The van der Waals surface area contributed by atoms with Crippen LogP contribution in [0, 0.1) is 0 Å². The highest BCUT2D eigenvalue weighted by atomic mass is 35.5. The third-order valence-electron chi connectivity index (χ3n) is 5.24. The van der Waals surface area contributed by atoms with Crippen molar-refractivity contribution in [3.63, 3.8) is 0 Å². The molecule has 2 aromatic heterocycles. The highest BCUT2D eigenvalue weighted by Gasteiger charge is 2.18. The number of carbonyl (C=O) groups is 1. The summed E-state index contributed by atoms with van der Waals surface area (Å²) in [5.41, 5.74) is 1.03. The van der Waals surface area contributed by atoms with Crippen LogP contribution in [0.3, 0.4) is 0 Å². The van der Waals surface area contributed by atoms with Crippen molar-refractivity contribution in [1.82, 2.24) is 14.5 Å². The Labute approximate surface area is 193 Å². The van der Waals surface area contributed by atoms with Gasteiger partial charge in [-0.15, -0.1) is 11.3 Å². The summed E-state index contributed by atoms with van der Waals surface area (Å²) in [6.45, 7) is 1.76. The number of amides is 1. The largest absolute Gasteiger partial charge is 0.352 e. The Bertz CT molecular complexity index is 1370. The molecule has 32 heavy (non-hydrogen) atoms. The van der Waals surface area contributed by atoms with Gasteiger partial charge in [0, 0.05) is 11.1 Å². The van der Waals surface area contributed by atoms with Crippen molar-refractivity contribution in [3.8, 4) is 5.69 Å². The van der Waals surface area contributed by atoms with E-state index in [1.165, 1.54) is 21.5 Å². The number of aromatic nitrogens is 2. The van der Waals surface area contributed by atoms with Gasteiger partial charge in [-0.1, -0.05) is 48.0 Å². The van der Waals surface area contributed by atoms with Gasteiger partial charge in [-0.3, -0.25) is 14.2 Å². The highest BCUT2D eigenvalue weighted by molar-refractivity contribution is 7.17. The number of rotatable bonds is 7. The van der Waals surface area contributed by atoms with E-state index in [2.05, 4.69) is 17.4 Å². The van der Waals surface area contributed by atoms with E-state index < -0.39 is 11.2 Å². The number of aryl methyl sites for hydroxylation is 1. The lowest BCUT2D eigenvalue weighted by Gasteiger charge is -2.16. The summed E-state index contributed by atoms with van der Waals surface area (Å²) in [5, 5.41) is 5.12. The Morgan fingerprint density at radius 1 is 1.09 bits per heavy atom. The first kappa shape index (κ1) is 22.0. The second-order valence-corrected chi connectivity index (χ2v) is 8.97. The molecule has 0 aliphatic carbocycles. The molecule has 2 aromatic carbocycles. The molecule has 4 rings (SSSR count). The molecule has 0 spiro atoms. The van der Waals surface area contributed by atoms with Crippen LogP contribution in [-0.2, 0) is 17.8 Å². The van der Waals surface area contributed by atoms with Crippen LogP contribution in [0.25, 0.3) is 15.9 Å². The quantitative estimate of drug-likeness (QED) is 0.446. The van der Waals surface area contributed by atoms with Crippen LogP contribution in [0.15, 0.2) is 75.6 Å². The molecule has 0 bridgehead atoms. The molecular formula is C24H22ClN3O3S. The number of hydrogen-bond donors (Lipinski definition) is 1. The lowest BCUT2D eigenvalue weighted by molar-refractivity contribution is -0.122. The van der Waals surface area contributed by atoms with E-state index in [0.29, 0.717) is 20.9 Å². The van der Waals surface area contributed by atoms with Crippen LogP contribution in [0.5, 0.6) is 0 Å². The number of nitrogens with one attached hydrogen (secondary N) is 1. The number of benzene rings is 2. The summed E-state index contributed by atoms with van der Waals surface area (Å²) in [6, 6.07) is 18.2. The first-order valence-electron chi connectivity index (χ1n) is 10.3. The van der Waals surface area contributed by atoms with Gasteiger partial charge < -0.3 is 5.32 Å². The van der Waals surface area contributed by atoms with Crippen molar-refractivity contribution in [1.29, 1.82) is 0 Å². The third-order valence-corrected chi connectivity index (χ3v) is 6.37. The maximum Gasteiger partial charge on any atom is 0.336 e. The van der Waals surface area contributed by atoms with Crippen LogP contribution in [0.4, 0.5) is 0 Å². The Morgan fingerprint density at radius 3 is 2.62 bits per heavy atom. The van der Waals surface area contributed by atoms with E-state index >= 15 is 0 Å². The summed E-state index contributed by atoms with van der Waals surface area (Å²) in [4.78, 5) is 39.0. The standard InChI is InChI=1S/C24H22ClN3O3S/c1-16(10-11-17-6-3-2-4-7-17)26-21(29)15-27-20-12-13-32-22(20)23(30)28(24(27)31)19-9-5-8-18(25)14-19/h2-9,12-14,16H,10-11,15H2,1H3,(H,26,29)/t16-/m1/s1. The van der Waals surface area contributed by atoms with Crippen molar-refractivity contribution in [2.45, 2.75) is 32.4 Å². The van der Waals surface area contributed by atoms with Crippen molar-refractivity contribution in [2.75, 3.05) is 0 Å². The van der Waals surface area contributed by atoms with Crippen molar-refractivity contribution < 1.29 is 4.79 Å². The Kier molecular flexibility index (Phi) is 6.58. The zero-order valence-corrected chi connectivity index (χ0v) is 19.0. The minimum Gasteiger partial charge on any atom is -0.352 e. The van der Waals surface area contributed by atoms with Gasteiger partial charge in [0.25, 0.3) is 5.56 Å². The average Bonchev–Trinajstić information content (AvgIpc) is 3.26. The Hall–Kier alpha value is -3.16. The smallest absolute Gasteiger partial charge is 0.336 e. The number of thiophene rings is 1. The third kappa shape index (κ3) is 4.69. The summed E-state index contributed by atoms with van der Waals surface area (Å²) in [7, 11) is 0. The first-order chi connectivity index (χ1) is 15.4. The minimum absolute atomic E-state index is 0.0600. The van der Waals surface area contributed by atoms with Gasteiger partial charge in [0.05, 0.1) is 11.2 Å². The molecule has 1 atom stereocenters. The fourth-order valence-electron chi connectivity index (χ4n) is 3.65. The molecule has 0 saturated carbocycles. The number of carbonyl (C=O) groups excluding carboxylic acids is 1. The lowest BCUT2D eigenvalue weighted by atomic mass is 10.1. The van der Waals surface area contributed by atoms with E-state index in [1.54, 1.807) is 35.7 Å². The minimum atomic E-state index is -0.574. The normalized spacial score (nSPS) is 12.1. The molecular weight excluding hydrogens is 446 g/mol. The van der Waals surface area contributed by atoms with Crippen LogP contribution >= 0.6 is 22.9 Å². The summed E-state index contributed by atoms with van der Waals surface area (Å²) in [5.74, 6) is -0.281. The molecule has 164 valence electrons. The molecule has 0 fully saturated rings. The van der Waals surface area contributed by atoms with Crippen LogP contribution in [-0.4, -0.2) is 21.1 Å². The van der Waals surface area contributed by atoms with Gasteiger partial charge in [-0.2, -0.15) is 0 Å². The van der Waals surface area contributed by atoms with Gasteiger partial charge in [0.2, 0.25) is 5.91 Å². The number of fused-ring (bicyclic) bond motifs is 1. The fraction of sp³-hybridized carbons (Fsp3) is 0.208. The van der Waals surface area contributed by atoms with E-state index in [0.717, 1.165) is 17.4 Å². The summed E-state index contributed by atoms with van der Waals surface area (Å²) < 4.78 is 2.82. The average molecular weight is 468 g/mol. The Balaban J connectivity index is 1.59. The molecule has 1 N–H and O–H groups in total. The maximum atomic E-state index is 13.3. The van der Waals surface area contributed by atoms with Crippen LogP contribution < -0.4 is 16.6 Å². The van der Waals surface area contributed by atoms with Crippen LogP contribution in [0.2, 0.25) is 5.02 Å².